The number of nitrogens with one attached hydrogen (secondary N) is 1. The van der Waals surface area contributed by atoms with E-state index in [0.29, 0.717) is 17.3 Å². The van der Waals surface area contributed by atoms with Gasteiger partial charge in [0.2, 0.25) is 11.8 Å². The molecule has 0 aliphatic carbocycles. The summed E-state index contributed by atoms with van der Waals surface area (Å²) in [6.45, 7) is 1.83. The lowest BCUT2D eigenvalue weighted by atomic mass is 10.1. The van der Waals surface area contributed by atoms with Gasteiger partial charge in [-0.25, -0.2) is 9.97 Å². The van der Waals surface area contributed by atoms with Crippen LogP contribution in [0.25, 0.3) is 27.7 Å². The van der Waals surface area contributed by atoms with Crippen molar-refractivity contribution < 1.29 is 9.21 Å². The van der Waals surface area contributed by atoms with Crippen molar-refractivity contribution >= 4 is 27.9 Å². The highest BCUT2D eigenvalue weighted by atomic mass is 32.1. The van der Waals surface area contributed by atoms with Crippen molar-refractivity contribution in [3.8, 4) is 22.7 Å². The van der Waals surface area contributed by atoms with E-state index in [9.17, 15) is 4.79 Å². The molecule has 148 valence electrons. The van der Waals surface area contributed by atoms with Gasteiger partial charge in [-0.1, -0.05) is 30.3 Å². The number of anilines is 1. The fourth-order valence-electron chi connectivity index (χ4n) is 3.24. The highest BCUT2D eigenvalue weighted by Gasteiger charge is 2.15. The molecule has 0 spiro atoms. The maximum absolute atomic E-state index is 12.5. The third-order valence-electron chi connectivity index (χ3n) is 4.80. The summed E-state index contributed by atoms with van der Waals surface area (Å²) in [6.07, 6.45) is 4.14. The average molecular weight is 414 g/mol. The molecule has 0 unspecified atom stereocenters. The van der Waals surface area contributed by atoms with Crippen LogP contribution < -0.4 is 5.32 Å². The number of thiazole rings is 1. The first-order chi connectivity index (χ1) is 14.7. The zero-order valence-electron chi connectivity index (χ0n) is 16.2. The van der Waals surface area contributed by atoms with Crippen LogP contribution in [0.5, 0.6) is 0 Å². The van der Waals surface area contributed by atoms with E-state index in [1.165, 1.54) is 0 Å². The first kappa shape index (κ1) is 18.3. The van der Waals surface area contributed by atoms with Crippen LogP contribution in [-0.2, 0) is 11.2 Å². The molecule has 2 aromatic carbocycles. The van der Waals surface area contributed by atoms with E-state index in [0.717, 1.165) is 27.5 Å². The first-order valence-corrected chi connectivity index (χ1v) is 10.4. The number of hydrogen-bond donors (Lipinski definition) is 1. The van der Waals surface area contributed by atoms with Crippen molar-refractivity contribution in [2.24, 2.45) is 0 Å². The summed E-state index contributed by atoms with van der Waals surface area (Å²) in [5.41, 5.74) is 4.17. The predicted molar refractivity (Wildman–Crippen MR) is 118 cm³/mol. The van der Waals surface area contributed by atoms with Crippen LogP contribution in [0.1, 0.15) is 11.5 Å². The number of imidazole rings is 1. The van der Waals surface area contributed by atoms with Crippen LogP contribution in [0.3, 0.4) is 0 Å². The van der Waals surface area contributed by atoms with Gasteiger partial charge >= 0.3 is 0 Å². The number of rotatable bonds is 5. The summed E-state index contributed by atoms with van der Waals surface area (Å²) in [4.78, 5) is 22.6. The fourth-order valence-corrected chi connectivity index (χ4v) is 3.94. The highest BCUT2D eigenvalue weighted by Crippen LogP contribution is 2.24. The summed E-state index contributed by atoms with van der Waals surface area (Å²) in [5, 5.41) is 4.93. The molecule has 3 heterocycles. The number of aryl methyl sites for hydroxylation is 1. The minimum atomic E-state index is -0.138. The Morgan fingerprint density at radius 1 is 1.07 bits per heavy atom. The lowest BCUT2D eigenvalue weighted by molar-refractivity contribution is -0.115. The Kier molecular flexibility index (Phi) is 4.65. The number of oxazole rings is 1. The summed E-state index contributed by atoms with van der Waals surface area (Å²) < 4.78 is 7.74. The molecule has 0 fully saturated rings. The molecule has 0 saturated heterocycles. The second-order valence-electron chi connectivity index (χ2n) is 6.91. The van der Waals surface area contributed by atoms with E-state index in [4.69, 9.17) is 4.42 Å². The molecular weight excluding hydrogens is 396 g/mol. The normalized spacial score (nSPS) is 11.1. The fraction of sp³-hybridized carbons (Fsp3) is 0.0870. The maximum Gasteiger partial charge on any atom is 0.230 e. The van der Waals surface area contributed by atoms with Crippen LogP contribution in [0.2, 0.25) is 0 Å². The van der Waals surface area contributed by atoms with E-state index in [-0.39, 0.29) is 12.3 Å². The zero-order valence-corrected chi connectivity index (χ0v) is 17.0. The van der Waals surface area contributed by atoms with Crippen LogP contribution in [0.15, 0.2) is 76.8 Å². The smallest absolute Gasteiger partial charge is 0.230 e. The lowest BCUT2D eigenvalue weighted by Gasteiger charge is -2.05. The van der Waals surface area contributed by atoms with Gasteiger partial charge in [0.15, 0.2) is 4.96 Å². The number of benzene rings is 2. The number of amides is 1. The average Bonchev–Trinajstić information content (AvgIpc) is 3.45. The van der Waals surface area contributed by atoms with E-state index in [1.807, 2.05) is 83.7 Å². The number of carbonyl (C=O) groups is 1. The molecule has 1 amide bonds. The molecule has 0 aliphatic heterocycles. The Morgan fingerprint density at radius 3 is 2.63 bits per heavy atom. The monoisotopic (exact) mass is 414 g/mol. The van der Waals surface area contributed by atoms with Crippen molar-refractivity contribution in [1.29, 1.82) is 0 Å². The van der Waals surface area contributed by atoms with Gasteiger partial charge < -0.3 is 9.73 Å². The Morgan fingerprint density at radius 2 is 1.87 bits per heavy atom. The molecule has 0 atom stereocenters. The molecule has 6 nitrogen and oxygen atoms in total. The Balaban J connectivity index is 1.27. The lowest BCUT2D eigenvalue weighted by Crippen LogP contribution is -2.15. The van der Waals surface area contributed by atoms with Crippen molar-refractivity contribution in [3.05, 3.63) is 83.8 Å². The molecule has 5 aromatic rings. The first-order valence-electron chi connectivity index (χ1n) is 9.50. The van der Waals surface area contributed by atoms with E-state index in [1.54, 1.807) is 11.3 Å². The Bertz CT molecular complexity index is 1290. The summed E-state index contributed by atoms with van der Waals surface area (Å²) >= 11 is 1.60. The molecule has 3 aromatic heterocycles. The van der Waals surface area contributed by atoms with Gasteiger partial charge in [-0.2, -0.15) is 0 Å². The van der Waals surface area contributed by atoms with Crippen LogP contribution in [-0.4, -0.2) is 20.3 Å². The molecular formula is C23H18N4O2S. The van der Waals surface area contributed by atoms with Crippen molar-refractivity contribution in [3.63, 3.8) is 0 Å². The van der Waals surface area contributed by atoms with Gasteiger partial charge in [0.05, 0.1) is 17.8 Å². The second kappa shape index (κ2) is 7.61. The van der Waals surface area contributed by atoms with Gasteiger partial charge in [-0.3, -0.25) is 9.20 Å². The van der Waals surface area contributed by atoms with Crippen molar-refractivity contribution in [2.45, 2.75) is 13.3 Å². The predicted octanol–water partition coefficient (Wildman–Crippen LogP) is 5.21. The molecule has 0 aliphatic rings. The van der Waals surface area contributed by atoms with Gasteiger partial charge in [0, 0.05) is 34.6 Å². The third kappa shape index (κ3) is 3.62. The maximum atomic E-state index is 12.5. The molecule has 30 heavy (non-hydrogen) atoms. The number of aromatic nitrogens is 3. The van der Waals surface area contributed by atoms with E-state index in [2.05, 4.69) is 15.3 Å². The molecule has 1 N–H and O–H groups in total. The number of fused-ring (bicyclic) bond motifs is 1. The van der Waals surface area contributed by atoms with Crippen molar-refractivity contribution in [2.75, 3.05) is 5.32 Å². The molecule has 0 saturated carbocycles. The molecule has 0 bridgehead atoms. The standard InChI is InChI=1S/C23H18N4O2S/c1-15-19(25-22(29-15)17-5-3-2-4-6-17)13-21(28)24-18-9-7-16(8-10-18)20-14-27-11-12-30-23(27)26-20/h2-12,14H,13H2,1H3,(H,24,28). The number of carbonyl (C=O) groups excluding carboxylic acids is 1. The van der Waals surface area contributed by atoms with Gasteiger partial charge in [0.25, 0.3) is 0 Å². The van der Waals surface area contributed by atoms with Gasteiger partial charge in [-0.15, -0.1) is 11.3 Å². The van der Waals surface area contributed by atoms with Gasteiger partial charge in [-0.05, 0) is 31.2 Å². The summed E-state index contributed by atoms with van der Waals surface area (Å²) in [7, 11) is 0. The SMILES string of the molecule is Cc1oc(-c2ccccc2)nc1CC(=O)Nc1ccc(-c2cn3ccsc3n2)cc1. The van der Waals surface area contributed by atoms with Crippen LogP contribution in [0, 0.1) is 6.92 Å². The number of nitrogens with zero attached hydrogens (tertiary/aromatic N) is 3. The largest absolute Gasteiger partial charge is 0.441 e. The van der Waals surface area contributed by atoms with E-state index >= 15 is 0 Å². The quantitative estimate of drug-likeness (QED) is 0.429. The zero-order chi connectivity index (χ0) is 20.5. The molecule has 5 rings (SSSR count). The molecule has 0 radical (unpaired) electrons. The Hall–Kier alpha value is -3.71. The Labute approximate surface area is 176 Å². The van der Waals surface area contributed by atoms with Crippen LogP contribution >= 0.6 is 11.3 Å². The second-order valence-corrected chi connectivity index (χ2v) is 7.78. The highest BCUT2D eigenvalue weighted by molar-refractivity contribution is 7.15. The summed E-state index contributed by atoms with van der Waals surface area (Å²) in [5.74, 6) is 1.04. The van der Waals surface area contributed by atoms with Gasteiger partial charge in [0.1, 0.15) is 5.76 Å². The minimum Gasteiger partial charge on any atom is -0.441 e. The minimum absolute atomic E-state index is 0.138. The summed E-state index contributed by atoms with van der Waals surface area (Å²) in [6, 6.07) is 17.3. The van der Waals surface area contributed by atoms with Crippen LogP contribution in [0.4, 0.5) is 5.69 Å². The van der Waals surface area contributed by atoms with Crippen molar-refractivity contribution in [1.82, 2.24) is 14.4 Å². The number of hydrogen-bond acceptors (Lipinski definition) is 5. The third-order valence-corrected chi connectivity index (χ3v) is 5.57. The molecule has 7 heteroatoms. The van der Waals surface area contributed by atoms with E-state index < -0.39 is 0 Å². The topological polar surface area (TPSA) is 72.4 Å².